The third-order valence-electron chi connectivity index (χ3n) is 5.24. The Morgan fingerprint density at radius 1 is 1.28 bits per heavy atom. The Kier molecular flexibility index (Phi) is 4.65. The van der Waals surface area contributed by atoms with Crippen LogP contribution in [0.25, 0.3) is 0 Å². The van der Waals surface area contributed by atoms with Gasteiger partial charge in [0.1, 0.15) is 13.2 Å². The Labute approximate surface area is 153 Å². The third kappa shape index (κ3) is 3.37. The number of rotatable bonds is 2. The second-order valence-electron chi connectivity index (χ2n) is 6.98. The maximum Gasteiger partial charge on any atom is 0.193 e. The normalized spacial score (nSPS) is 25.7. The number of aliphatic imine (C=N–C) groups is 1. The van der Waals surface area contributed by atoms with Gasteiger partial charge in [0.25, 0.3) is 0 Å². The zero-order valence-electron chi connectivity index (χ0n) is 14.5. The summed E-state index contributed by atoms with van der Waals surface area (Å²) in [5.74, 6) is 2.28. The SMILES string of the molecule is CN=C(NCc1cc(Cl)c2c(c1)OCCO2)N1CCC2(CCOC2)C1. The standard InChI is InChI=1S/C18H24ClN3O3/c1-20-17(22-4-2-18(11-22)3-5-23-12-18)21-10-13-8-14(19)16-15(9-13)24-6-7-25-16/h8-9H,2-7,10-12H2,1H3,(H,20,21). The minimum atomic E-state index is 0.317. The molecule has 0 bridgehead atoms. The van der Waals surface area contributed by atoms with Crippen LogP contribution in [0.15, 0.2) is 17.1 Å². The summed E-state index contributed by atoms with van der Waals surface area (Å²) < 4.78 is 16.8. The first kappa shape index (κ1) is 16.8. The van der Waals surface area contributed by atoms with Crippen LogP contribution in [0.5, 0.6) is 11.5 Å². The topological polar surface area (TPSA) is 55.3 Å². The molecule has 3 aliphatic rings. The summed E-state index contributed by atoms with van der Waals surface area (Å²) in [7, 11) is 1.83. The van der Waals surface area contributed by atoms with Crippen LogP contribution in [0.4, 0.5) is 0 Å². The van der Waals surface area contributed by atoms with Gasteiger partial charge in [-0.1, -0.05) is 11.6 Å². The molecule has 25 heavy (non-hydrogen) atoms. The van der Waals surface area contributed by atoms with Crippen molar-refractivity contribution in [3.05, 3.63) is 22.7 Å². The molecule has 1 aromatic rings. The van der Waals surface area contributed by atoms with Crippen molar-refractivity contribution in [2.75, 3.05) is 46.6 Å². The van der Waals surface area contributed by atoms with E-state index in [1.165, 1.54) is 6.42 Å². The van der Waals surface area contributed by atoms with E-state index in [9.17, 15) is 0 Å². The molecule has 3 heterocycles. The number of fused-ring (bicyclic) bond motifs is 1. The quantitative estimate of drug-likeness (QED) is 0.643. The first-order valence-corrected chi connectivity index (χ1v) is 9.18. The van der Waals surface area contributed by atoms with Crippen molar-refractivity contribution in [2.24, 2.45) is 10.4 Å². The third-order valence-corrected chi connectivity index (χ3v) is 5.52. The lowest BCUT2D eigenvalue weighted by molar-refractivity contribution is 0.156. The van der Waals surface area contributed by atoms with Gasteiger partial charge in [0.05, 0.1) is 11.6 Å². The van der Waals surface area contributed by atoms with Crippen molar-refractivity contribution in [1.29, 1.82) is 0 Å². The molecule has 1 N–H and O–H groups in total. The van der Waals surface area contributed by atoms with Gasteiger partial charge in [0, 0.05) is 38.7 Å². The fourth-order valence-electron chi connectivity index (χ4n) is 3.87. The zero-order valence-corrected chi connectivity index (χ0v) is 15.3. The van der Waals surface area contributed by atoms with E-state index in [2.05, 4.69) is 15.2 Å². The first-order valence-electron chi connectivity index (χ1n) is 8.80. The van der Waals surface area contributed by atoms with Gasteiger partial charge in [0.15, 0.2) is 17.5 Å². The molecule has 4 rings (SSSR count). The highest BCUT2D eigenvalue weighted by atomic mass is 35.5. The van der Waals surface area contributed by atoms with Gasteiger partial charge in [-0.2, -0.15) is 0 Å². The number of likely N-dealkylation sites (tertiary alicyclic amines) is 1. The van der Waals surface area contributed by atoms with Crippen LogP contribution in [0.2, 0.25) is 5.02 Å². The van der Waals surface area contributed by atoms with E-state index in [-0.39, 0.29) is 0 Å². The Balaban J connectivity index is 1.41. The van der Waals surface area contributed by atoms with E-state index in [4.69, 9.17) is 25.8 Å². The molecule has 0 amide bonds. The van der Waals surface area contributed by atoms with Crippen molar-refractivity contribution in [2.45, 2.75) is 19.4 Å². The van der Waals surface area contributed by atoms with Gasteiger partial charge in [-0.3, -0.25) is 4.99 Å². The fraction of sp³-hybridized carbons (Fsp3) is 0.611. The van der Waals surface area contributed by atoms with Gasteiger partial charge >= 0.3 is 0 Å². The summed E-state index contributed by atoms with van der Waals surface area (Å²) in [5.41, 5.74) is 1.37. The lowest BCUT2D eigenvalue weighted by Gasteiger charge is -2.25. The van der Waals surface area contributed by atoms with Gasteiger partial charge in [-0.15, -0.1) is 0 Å². The maximum atomic E-state index is 6.32. The van der Waals surface area contributed by atoms with Crippen LogP contribution in [-0.2, 0) is 11.3 Å². The van der Waals surface area contributed by atoms with Crippen LogP contribution in [0.3, 0.4) is 0 Å². The summed E-state index contributed by atoms with van der Waals surface area (Å²) in [6.45, 7) is 5.52. The number of nitrogens with one attached hydrogen (secondary N) is 1. The Bertz CT molecular complexity index is 674. The number of halogens is 1. The van der Waals surface area contributed by atoms with E-state index < -0.39 is 0 Å². The predicted molar refractivity (Wildman–Crippen MR) is 96.7 cm³/mol. The van der Waals surface area contributed by atoms with Crippen LogP contribution >= 0.6 is 11.6 Å². The van der Waals surface area contributed by atoms with Crippen LogP contribution in [0, 0.1) is 5.41 Å². The van der Waals surface area contributed by atoms with Crippen molar-refractivity contribution < 1.29 is 14.2 Å². The van der Waals surface area contributed by atoms with E-state index >= 15 is 0 Å². The average molecular weight is 366 g/mol. The molecule has 136 valence electrons. The Morgan fingerprint density at radius 3 is 2.96 bits per heavy atom. The van der Waals surface area contributed by atoms with E-state index in [0.29, 0.717) is 41.7 Å². The first-order chi connectivity index (χ1) is 12.2. The molecule has 0 aliphatic carbocycles. The molecule has 2 fully saturated rings. The van der Waals surface area contributed by atoms with Crippen LogP contribution in [0.1, 0.15) is 18.4 Å². The second kappa shape index (κ2) is 6.92. The minimum Gasteiger partial charge on any atom is -0.486 e. The summed E-state index contributed by atoms with van der Waals surface area (Å²) in [6.07, 6.45) is 2.32. The number of benzene rings is 1. The van der Waals surface area contributed by atoms with Gasteiger partial charge in [0.2, 0.25) is 0 Å². The second-order valence-corrected chi connectivity index (χ2v) is 7.38. The molecule has 1 spiro atoms. The number of hydrogen-bond acceptors (Lipinski definition) is 4. The highest BCUT2D eigenvalue weighted by Gasteiger charge is 2.42. The highest BCUT2D eigenvalue weighted by Crippen LogP contribution is 2.39. The lowest BCUT2D eigenvalue weighted by Crippen LogP contribution is -2.41. The van der Waals surface area contributed by atoms with Gasteiger partial charge in [-0.05, 0) is 30.5 Å². The van der Waals surface area contributed by atoms with Crippen LogP contribution in [-0.4, -0.2) is 57.4 Å². The molecule has 1 aromatic carbocycles. The molecule has 0 aromatic heterocycles. The lowest BCUT2D eigenvalue weighted by atomic mass is 9.87. The maximum absolute atomic E-state index is 6.32. The summed E-state index contributed by atoms with van der Waals surface area (Å²) in [5, 5.41) is 4.04. The van der Waals surface area contributed by atoms with Crippen molar-refractivity contribution in [3.63, 3.8) is 0 Å². The number of hydrogen-bond donors (Lipinski definition) is 1. The molecular weight excluding hydrogens is 342 g/mol. The molecule has 2 saturated heterocycles. The Hall–Kier alpha value is -1.66. The minimum absolute atomic E-state index is 0.317. The molecule has 0 radical (unpaired) electrons. The smallest absolute Gasteiger partial charge is 0.193 e. The highest BCUT2D eigenvalue weighted by molar-refractivity contribution is 6.32. The molecule has 6 nitrogen and oxygen atoms in total. The Morgan fingerprint density at radius 2 is 2.16 bits per heavy atom. The fourth-order valence-corrected chi connectivity index (χ4v) is 4.15. The zero-order chi connectivity index (χ0) is 17.3. The molecule has 0 saturated carbocycles. The molecule has 1 atom stereocenters. The van der Waals surface area contributed by atoms with E-state index in [0.717, 1.165) is 44.2 Å². The summed E-state index contributed by atoms with van der Waals surface area (Å²) in [6, 6.07) is 3.91. The van der Waals surface area contributed by atoms with E-state index in [1.807, 2.05) is 19.2 Å². The molecule has 1 unspecified atom stereocenters. The number of nitrogens with zero attached hydrogens (tertiary/aromatic N) is 2. The van der Waals surface area contributed by atoms with E-state index in [1.54, 1.807) is 0 Å². The predicted octanol–water partition coefficient (Wildman–Crippen LogP) is 2.30. The number of guanidine groups is 1. The van der Waals surface area contributed by atoms with Crippen molar-refractivity contribution >= 4 is 17.6 Å². The number of ether oxygens (including phenoxy) is 3. The van der Waals surface area contributed by atoms with Crippen molar-refractivity contribution in [1.82, 2.24) is 10.2 Å². The molecule has 7 heteroatoms. The van der Waals surface area contributed by atoms with Gasteiger partial charge < -0.3 is 24.4 Å². The largest absolute Gasteiger partial charge is 0.486 e. The monoisotopic (exact) mass is 365 g/mol. The van der Waals surface area contributed by atoms with Crippen LogP contribution < -0.4 is 14.8 Å². The summed E-state index contributed by atoms with van der Waals surface area (Å²) >= 11 is 6.32. The summed E-state index contributed by atoms with van der Waals surface area (Å²) in [4.78, 5) is 6.78. The van der Waals surface area contributed by atoms with Gasteiger partial charge in [-0.25, -0.2) is 0 Å². The molecular formula is C18H24ClN3O3. The average Bonchev–Trinajstić information content (AvgIpc) is 3.26. The van der Waals surface area contributed by atoms with Crippen molar-refractivity contribution in [3.8, 4) is 11.5 Å². The molecule has 3 aliphatic heterocycles.